The van der Waals surface area contributed by atoms with E-state index in [1.54, 1.807) is 60.7 Å². The Morgan fingerprint density at radius 1 is 0.756 bits per heavy atom. The van der Waals surface area contributed by atoms with Crippen LogP contribution in [0.1, 0.15) is 84.3 Å². The van der Waals surface area contributed by atoms with Gasteiger partial charge in [0.05, 0.1) is 31.3 Å². The van der Waals surface area contributed by atoms with E-state index in [1.807, 2.05) is 19.1 Å². The number of carbonyl (C=O) groups excluding carboxylic acids is 8. The van der Waals surface area contributed by atoms with Crippen LogP contribution in [-0.4, -0.2) is 197 Å². The van der Waals surface area contributed by atoms with Crippen LogP contribution in [0.25, 0.3) is 0 Å². The van der Waals surface area contributed by atoms with Crippen molar-refractivity contribution in [2.24, 2.45) is 17.6 Å². The van der Waals surface area contributed by atoms with Gasteiger partial charge in [-0.1, -0.05) is 60.1 Å². The number of hydrogen-bond acceptors (Lipinski definition) is 22. The Morgan fingerprint density at radius 2 is 1.38 bits per heavy atom. The predicted octanol–water partition coefficient (Wildman–Crippen LogP) is 0.705. The molecule has 4 unspecified atom stereocenters. The van der Waals surface area contributed by atoms with Crippen molar-refractivity contribution in [2.45, 2.75) is 146 Å². The summed E-state index contributed by atoms with van der Waals surface area (Å²) in [5.74, 6) is -6.85. The minimum absolute atomic E-state index is 0.0484. The highest BCUT2D eigenvalue weighted by Gasteiger charge is 2.48. The predicted molar refractivity (Wildman–Crippen MR) is 304 cm³/mol. The number of nitrogens with two attached hydrogens (primary N) is 1. The number of carbonyl (C=O) groups is 8. The lowest BCUT2D eigenvalue weighted by Crippen LogP contribution is -2.61. The second-order valence-electron chi connectivity index (χ2n) is 21.3. The maximum Gasteiger partial charge on any atom is 0.409 e. The Hall–Kier alpha value is -6.98. The molecule has 0 bridgehead atoms. The second-order valence-corrected chi connectivity index (χ2v) is 21.7. The molecule has 0 aliphatic carbocycles. The lowest BCUT2D eigenvalue weighted by molar-refractivity contribution is -0.326. The minimum atomic E-state index is -2.50. The molecule has 3 aromatic carbocycles. The van der Waals surface area contributed by atoms with Crippen LogP contribution >= 0.6 is 11.6 Å². The molecule has 3 amide bonds. The van der Waals surface area contributed by atoms with Gasteiger partial charge in [-0.3, -0.25) is 38.5 Å². The summed E-state index contributed by atoms with van der Waals surface area (Å²) in [5, 5.41) is 95.3. The SMILES string of the molecule is Cc1cc(CC(=O)Cc2ccc(Oc3ccnc(C(=O)CCCN(C)C(=O)OCc4ccc(CC(=O)C(CC(N)=O)CC(=O)C(C)NC(=O)C(CC(=O)[C@H](O)[C@H](O)[C@@H](O[C@@H]5O[C@H](CO)[C@H](O)[C@H](O)[C@H]5O)[C@H](O)CO)C(C)O)cc4)c3)cc2)ccc1Cl. The van der Waals surface area contributed by atoms with Gasteiger partial charge in [-0.25, -0.2) is 4.79 Å². The molecule has 1 aliphatic rings. The van der Waals surface area contributed by atoms with Gasteiger partial charge in [0.2, 0.25) is 11.8 Å². The molecule has 13 atom stereocenters. The number of aromatic nitrogens is 1. The van der Waals surface area contributed by atoms with Crippen LogP contribution in [0.15, 0.2) is 85.1 Å². The van der Waals surface area contributed by atoms with E-state index >= 15 is 0 Å². The van der Waals surface area contributed by atoms with Gasteiger partial charge >= 0.3 is 6.09 Å². The Bertz CT molecular complexity index is 2960. The maximum atomic E-state index is 13.5. The molecule has 0 saturated carbocycles. The largest absolute Gasteiger partial charge is 0.457 e. The monoisotopic (exact) mass is 1220 g/mol. The molecule has 86 heavy (non-hydrogen) atoms. The summed E-state index contributed by atoms with van der Waals surface area (Å²) >= 11 is 6.11. The standard InChI is InChI=1S/C60H75ClN4O21/c1-31-20-37(13-16-43(31)61)22-39(69)21-34-11-14-40(15-12-34)84-41-17-18-63-44(26-41)45(70)6-5-19-65(4)60(82)83-30-36-9-7-35(8-10-36)23-47(72)38(25-51(62)75)24-46(71)32(2)64-58(81)42(33(3)68)27-48(73)52(76)55(79)57(49(74)28-66)86-59-56(80)54(78)53(77)50(29-67)85-59/h7-18,20,26,32-33,38,42,49-50,52-57,59,66-68,74,76-80H,5-6,19,21-25,27-30H2,1-4H3,(H2,62,75)(H,64,81)/t32?,33?,38?,42?,49-,50-,52+,53+,54+,55+,56-,57+,59+/m1/s1. The van der Waals surface area contributed by atoms with Crippen molar-refractivity contribution in [3.05, 3.63) is 124 Å². The van der Waals surface area contributed by atoms with Crippen LogP contribution in [0.5, 0.6) is 11.5 Å². The van der Waals surface area contributed by atoms with Crippen LogP contribution < -0.4 is 15.8 Å². The quantitative estimate of drug-likeness (QED) is 0.0287. The molecule has 1 aromatic heterocycles. The van der Waals surface area contributed by atoms with E-state index in [0.717, 1.165) is 23.6 Å². The molecule has 1 aliphatic heterocycles. The molecule has 4 aromatic rings. The van der Waals surface area contributed by atoms with Crippen molar-refractivity contribution in [2.75, 3.05) is 26.8 Å². The van der Waals surface area contributed by atoms with Crippen molar-refractivity contribution >= 4 is 58.4 Å². The zero-order chi connectivity index (χ0) is 63.5. The summed E-state index contributed by atoms with van der Waals surface area (Å²) in [4.78, 5) is 110. The van der Waals surface area contributed by atoms with Crippen LogP contribution in [0.3, 0.4) is 0 Å². The number of rotatable bonds is 34. The zero-order valence-electron chi connectivity index (χ0n) is 47.8. The zero-order valence-corrected chi connectivity index (χ0v) is 48.6. The van der Waals surface area contributed by atoms with Gasteiger partial charge in [0.25, 0.3) is 0 Å². The number of ketones is 5. The van der Waals surface area contributed by atoms with Crippen molar-refractivity contribution in [1.82, 2.24) is 15.2 Å². The first-order chi connectivity index (χ1) is 40.7. The molecule has 5 rings (SSSR count). The third-order valence-corrected chi connectivity index (χ3v) is 14.8. The maximum absolute atomic E-state index is 13.5. The molecule has 468 valence electrons. The van der Waals surface area contributed by atoms with Crippen molar-refractivity contribution in [3.8, 4) is 11.5 Å². The van der Waals surface area contributed by atoms with E-state index < -0.39 is 147 Å². The number of aryl methyl sites for hydroxylation is 1. The number of nitrogens with one attached hydrogen (secondary N) is 1. The average molecular weight is 1220 g/mol. The number of aliphatic hydroxyl groups is 9. The highest BCUT2D eigenvalue weighted by atomic mass is 35.5. The number of ether oxygens (including phenoxy) is 4. The first-order valence-electron chi connectivity index (χ1n) is 27.6. The molecule has 0 spiro atoms. The number of pyridine rings is 1. The van der Waals surface area contributed by atoms with Crippen LogP contribution in [0, 0.1) is 18.8 Å². The van der Waals surface area contributed by atoms with Gasteiger partial charge in [-0.15, -0.1) is 0 Å². The van der Waals surface area contributed by atoms with E-state index in [9.17, 15) is 84.3 Å². The molecule has 12 N–H and O–H groups in total. The first kappa shape index (κ1) is 69.8. The molecule has 1 saturated heterocycles. The van der Waals surface area contributed by atoms with Gasteiger partial charge in [-0.05, 0) is 79.3 Å². The van der Waals surface area contributed by atoms with Crippen LogP contribution in [-0.2, 0) is 68.8 Å². The highest BCUT2D eigenvalue weighted by molar-refractivity contribution is 6.31. The Morgan fingerprint density at radius 3 is 2.01 bits per heavy atom. The number of hydrogen-bond donors (Lipinski definition) is 11. The molecule has 1 fully saturated rings. The van der Waals surface area contributed by atoms with Gasteiger partial charge < -0.3 is 80.9 Å². The highest BCUT2D eigenvalue weighted by Crippen LogP contribution is 2.28. The summed E-state index contributed by atoms with van der Waals surface area (Å²) < 4.78 is 21.9. The van der Waals surface area contributed by atoms with E-state index in [2.05, 4.69) is 10.3 Å². The van der Waals surface area contributed by atoms with Crippen molar-refractivity contribution in [3.63, 3.8) is 0 Å². The third-order valence-electron chi connectivity index (χ3n) is 14.4. The number of nitrogens with zero attached hydrogens (tertiary/aromatic N) is 2. The Kier molecular flexibility index (Phi) is 27.0. The smallest absolute Gasteiger partial charge is 0.409 e. The fourth-order valence-electron chi connectivity index (χ4n) is 9.21. The average Bonchev–Trinajstić information content (AvgIpc) is 3.68. The van der Waals surface area contributed by atoms with Crippen LogP contribution in [0.4, 0.5) is 4.79 Å². The first-order valence-corrected chi connectivity index (χ1v) is 28.0. The van der Waals surface area contributed by atoms with Gasteiger partial charge in [-0.2, -0.15) is 0 Å². The van der Waals surface area contributed by atoms with E-state index in [-0.39, 0.29) is 56.1 Å². The summed E-state index contributed by atoms with van der Waals surface area (Å²) in [7, 11) is 1.51. The Balaban J connectivity index is 1.05. The molecule has 2 heterocycles. The van der Waals surface area contributed by atoms with E-state index in [1.165, 1.54) is 31.1 Å². The number of amides is 3. The topological polar surface area (TPSA) is 410 Å². The molecule has 26 heteroatoms. The number of primary amides is 1. The van der Waals surface area contributed by atoms with E-state index in [0.29, 0.717) is 34.1 Å². The number of halogens is 1. The van der Waals surface area contributed by atoms with Gasteiger partial charge in [0.1, 0.15) is 84.2 Å². The summed E-state index contributed by atoms with van der Waals surface area (Å²) in [6, 6.07) is 20.7. The lowest BCUT2D eigenvalue weighted by atomic mass is 9.88. The number of aliphatic hydroxyl groups excluding tert-OH is 9. The Labute approximate surface area is 500 Å². The third kappa shape index (κ3) is 20.6. The van der Waals surface area contributed by atoms with Gasteiger partial charge in [0.15, 0.2) is 23.6 Å². The molecule has 25 nitrogen and oxygen atoms in total. The fraction of sp³-hybridized carbons (Fsp3) is 0.483. The molecular formula is C60H75ClN4O21. The van der Waals surface area contributed by atoms with Gasteiger partial charge in [0, 0.05) is 81.7 Å². The lowest BCUT2D eigenvalue weighted by Gasteiger charge is -2.42. The van der Waals surface area contributed by atoms with E-state index in [4.69, 9.17) is 36.3 Å². The number of benzene rings is 3. The summed E-state index contributed by atoms with van der Waals surface area (Å²) in [6.45, 7) is 2.25. The summed E-state index contributed by atoms with van der Waals surface area (Å²) in [6.07, 6.45) is -20.7. The molecule has 0 radical (unpaired) electrons. The van der Waals surface area contributed by atoms with Crippen molar-refractivity contribution < 1.29 is 103 Å². The van der Waals surface area contributed by atoms with Crippen molar-refractivity contribution in [1.29, 1.82) is 0 Å². The summed E-state index contributed by atoms with van der Waals surface area (Å²) in [5.41, 5.74) is 9.24. The molecular weight excluding hydrogens is 1150 g/mol. The fourth-order valence-corrected chi connectivity index (χ4v) is 9.33. The van der Waals surface area contributed by atoms with Crippen LogP contribution in [0.2, 0.25) is 5.02 Å². The number of Topliss-reactive ketones (excluding diaryl/α,β-unsaturated/α-hetero) is 5. The normalized spacial score (nSPS) is 19.5. The second kappa shape index (κ2) is 33.2. The minimum Gasteiger partial charge on any atom is -0.457 e.